The van der Waals surface area contributed by atoms with E-state index in [4.69, 9.17) is 10.5 Å². The van der Waals surface area contributed by atoms with E-state index in [0.717, 1.165) is 16.6 Å². The van der Waals surface area contributed by atoms with Crippen molar-refractivity contribution in [2.45, 2.75) is 6.92 Å². The number of nitrogens with zero attached hydrogens (tertiary/aromatic N) is 1. The van der Waals surface area contributed by atoms with Crippen LogP contribution in [0.1, 0.15) is 5.69 Å². The van der Waals surface area contributed by atoms with E-state index < -0.39 is 0 Å². The summed E-state index contributed by atoms with van der Waals surface area (Å²) in [6.45, 7) is 1.96. The molecule has 1 heterocycles. The van der Waals surface area contributed by atoms with Gasteiger partial charge in [-0.2, -0.15) is 5.10 Å². The Hall–Kier alpha value is -1.71. The van der Waals surface area contributed by atoms with Gasteiger partial charge in [0.05, 0.1) is 18.3 Å². The minimum atomic E-state index is 0.613. The van der Waals surface area contributed by atoms with Gasteiger partial charge in [0.25, 0.3) is 0 Å². The van der Waals surface area contributed by atoms with Gasteiger partial charge in [0.15, 0.2) is 0 Å². The number of hydrogen-bond acceptors (Lipinski definition) is 3. The van der Waals surface area contributed by atoms with Gasteiger partial charge in [-0.05, 0) is 19.1 Å². The first-order valence-electron chi connectivity index (χ1n) is 4.00. The lowest BCUT2D eigenvalue weighted by molar-refractivity contribution is 0.417. The predicted octanol–water partition coefficient (Wildman–Crippen LogP) is 1.46. The topological polar surface area (TPSA) is 63.9 Å². The van der Waals surface area contributed by atoms with Gasteiger partial charge in [-0.15, -0.1) is 0 Å². The molecule has 0 aliphatic carbocycles. The number of fused-ring (bicyclic) bond motifs is 1. The zero-order valence-corrected chi connectivity index (χ0v) is 7.59. The van der Waals surface area contributed by atoms with Crippen molar-refractivity contribution in [2.75, 3.05) is 12.8 Å². The van der Waals surface area contributed by atoms with E-state index in [1.165, 1.54) is 0 Å². The normalized spacial score (nSPS) is 10.6. The lowest BCUT2D eigenvalue weighted by Crippen LogP contribution is -1.91. The fourth-order valence-corrected chi connectivity index (χ4v) is 1.36. The number of H-pyrrole nitrogens is 1. The van der Waals surface area contributed by atoms with Crippen molar-refractivity contribution in [3.8, 4) is 5.75 Å². The number of benzene rings is 1. The average molecular weight is 177 g/mol. The number of anilines is 1. The van der Waals surface area contributed by atoms with Crippen LogP contribution in [0.5, 0.6) is 5.75 Å². The van der Waals surface area contributed by atoms with Gasteiger partial charge in [0, 0.05) is 11.1 Å². The quantitative estimate of drug-likeness (QED) is 0.648. The molecule has 1 aromatic heterocycles. The maximum Gasteiger partial charge on any atom is 0.142 e. The third kappa shape index (κ3) is 1.11. The number of nitrogens with two attached hydrogens (primary N) is 1. The number of hydrogen-bond donors (Lipinski definition) is 2. The van der Waals surface area contributed by atoms with Gasteiger partial charge in [0.1, 0.15) is 5.75 Å². The number of aromatic amines is 1. The van der Waals surface area contributed by atoms with Gasteiger partial charge >= 0.3 is 0 Å². The van der Waals surface area contributed by atoms with Crippen LogP contribution in [0.4, 0.5) is 5.69 Å². The van der Waals surface area contributed by atoms with Crippen molar-refractivity contribution >= 4 is 16.6 Å². The molecule has 0 bridgehead atoms. The van der Waals surface area contributed by atoms with Crippen molar-refractivity contribution in [1.29, 1.82) is 0 Å². The molecule has 13 heavy (non-hydrogen) atoms. The van der Waals surface area contributed by atoms with Crippen LogP contribution in [0.15, 0.2) is 12.1 Å². The second kappa shape index (κ2) is 2.65. The number of nitrogen functional groups attached to an aromatic ring is 1. The minimum absolute atomic E-state index is 0.613. The Balaban J connectivity index is 2.77. The molecule has 0 saturated carbocycles. The maximum atomic E-state index is 5.73. The van der Waals surface area contributed by atoms with Gasteiger partial charge in [0.2, 0.25) is 0 Å². The van der Waals surface area contributed by atoms with Crippen LogP contribution in [0.2, 0.25) is 0 Å². The highest BCUT2D eigenvalue weighted by molar-refractivity contribution is 5.86. The predicted molar refractivity (Wildman–Crippen MR) is 51.8 cm³/mol. The van der Waals surface area contributed by atoms with E-state index in [1.54, 1.807) is 13.2 Å². The lowest BCUT2D eigenvalue weighted by atomic mass is 10.2. The van der Waals surface area contributed by atoms with Crippen molar-refractivity contribution < 1.29 is 4.74 Å². The Morgan fingerprint density at radius 3 is 2.92 bits per heavy atom. The summed E-state index contributed by atoms with van der Waals surface area (Å²) in [5, 5.41) is 8.04. The molecule has 0 radical (unpaired) electrons. The SMILES string of the molecule is COc1cc2c(C)[nH]nc2cc1N. The van der Waals surface area contributed by atoms with Gasteiger partial charge in [-0.3, -0.25) is 5.10 Å². The third-order valence-electron chi connectivity index (χ3n) is 2.10. The van der Waals surface area contributed by atoms with E-state index in [1.807, 2.05) is 13.0 Å². The van der Waals surface area contributed by atoms with Crippen LogP contribution in [-0.2, 0) is 0 Å². The fraction of sp³-hybridized carbons (Fsp3) is 0.222. The number of aryl methyl sites for hydroxylation is 1. The Bertz CT molecular complexity index is 447. The second-order valence-electron chi connectivity index (χ2n) is 2.96. The number of nitrogens with one attached hydrogen (secondary N) is 1. The van der Waals surface area contributed by atoms with Crippen LogP contribution in [-0.4, -0.2) is 17.3 Å². The summed E-state index contributed by atoms with van der Waals surface area (Å²) in [6, 6.07) is 3.70. The molecule has 0 aliphatic heterocycles. The zero-order chi connectivity index (χ0) is 9.42. The molecule has 0 aliphatic rings. The zero-order valence-electron chi connectivity index (χ0n) is 7.59. The molecule has 0 saturated heterocycles. The van der Waals surface area contributed by atoms with Crippen LogP contribution in [0, 0.1) is 6.92 Å². The number of ether oxygens (including phenoxy) is 1. The molecule has 0 unspecified atom stereocenters. The number of rotatable bonds is 1. The van der Waals surface area contributed by atoms with Gasteiger partial charge in [-0.25, -0.2) is 0 Å². The summed E-state index contributed by atoms with van der Waals surface area (Å²) in [5.74, 6) is 0.692. The first-order valence-corrected chi connectivity index (χ1v) is 4.00. The first-order chi connectivity index (χ1) is 6.22. The summed E-state index contributed by atoms with van der Waals surface area (Å²) in [6.07, 6.45) is 0. The minimum Gasteiger partial charge on any atom is -0.495 e. The maximum absolute atomic E-state index is 5.73. The Morgan fingerprint density at radius 2 is 2.23 bits per heavy atom. The van der Waals surface area contributed by atoms with Gasteiger partial charge < -0.3 is 10.5 Å². The highest BCUT2D eigenvalue weighted by Crippen LogP contribution is 2.27. The van der Waals surface area contributed by atoms with Crippen molar-refractivity contribution in [3.63, 3.8) is 0 Å². The largest absolute Gasteiger partial charge is 0.495 e. The van der Waals surface area contributed by atoms with Crippen LogP contribution in [0.3, 0.4) is 0 Å². The van der Waals surface area contributed by atoms with Crippen molar-refractivity contribution in [1.82, 2.24) is 10.2 Å². The van der Waals surface area contributed by atoms with Gasteiger partial charge in [-0.1, -0.05) is 0 Å². The summed E-state index contributed by atoms with van der Waals surface area (Å²) in [7, 11) is 1.60. The summed E-state index contributed by atoms with van der Waals surface area (Å²) in [5.41, 5.74) is 8.23. The Morgan fingerprint density at radius 1 is 1.46 bits per heavy atom. The van der Waals surface area contributed by atoms with Crippen LogP contribution in [0.25, 0.3) is 10.9 Å². The molecule has 4 heteroatoms. The molecular weight excluding hydrogens is 166 g/mol. The van der Waals surface area contributed by atoms with Crippen molar-refractivity contribution in [2.24, 2.45) is 0 Å². The molecular formula is C9H11N3O. The summed E-state index contributed by atoms with van der Waals surface area (Å²) >= 11 is 0. The first kappa shape index (κ1) is 7.91. The molecule has 0 fully saturated rings. The molecule has 3 N–H and O–H groups in total. The monoisotopic (exact) mass is 177 g/mol. The molecule has 0 spiro atoms. The van der Waals surface area contributed by atoms with E-state index >= 15 is 0 Å². The smallest absolute Gasteiger partial charge is 0.142 e. The highest BCUT2D eigenvalue weighted by atomic mass is 16.5. The summed E-state index contributed by atoms with van der Waals surface area (Å²) in [4.78, 5) is 0. The molecule has 68 valence electrons. The Kier molecular flexibility index (Phi) is 1.62. The van der Waals surface area contributed by atoms with E-state index in [0.29, 0.717) is 11.4 Å². The lowest BCUT2D eigenvalue weighted by Gasteiger charge is -2.03. The van der Waals surface area contributed by atoms with E-state index in [-0.39, 0.29) is 0 Å². The molecule has 2 aromatic rings. The van der Waals surface area contributed by atoms with Crippen LogP contribution >= 0.6 is 0 Å². The fourth-order valence-electron chi connectivity index (χ4n) is 1.36. The van der Waals surface area contributed by atoms with Crippen molar-refractivity contribution in [3.05, 3.63) is 17.8 Å². The standard InChI is InChI=1S/C9H11N3O/c1-5-6-3-9(13-2)7(10)4-8(6)12-11-5/h3-4H,10H2,1-2H3,(H,11,12). The molecule has 0 atom stereocenters. The molecule has 1 aromatic carbocycles. The second-order valence-corrected chi connectivity index (χ2v) is 2.96. The highest BCUT2D eigenvalue weighted by Gasteiger charge is 2.06. The number of aromatic nitrogens is 2. The van der Waals surface area contributed by atoms with Crippen LogP contribution < -0.4 is 10.5 Å². The number of methoxy groups -OCH3 is 1. The molecule has 4 nitrogen and oxygen atoms in total. The molecule has 0 amide bonds. The summed E-state index contributed by atoms with van der Waals surface area (Å²) < 4.78 is 5.11. The van der Waals surface area contributed by atoms with E-state index in [2.05, 4.69) is 10.2 Å². The van der Waals surface area contributed by atoms with E-state index in [9.17, 15) is 0 Å². The third-order valence-corrected chi connectivity index (χ3v) is 2.10. The average Bonchev–Trinajstić information content (AvgIpc) is 2.46. The Labute approximate surface area is 75.7 Å². The molecule has 2 rings (SSSR count).